The van der Waals surface area contributed by atoms with E-state index in [0.29, 0.717) is 30.4 Å². The normalized spacial score (nSPS) is 10.6. The molecule has 7 nitrogen and oxygen atoms in total. The van der Waals surface area contributed by atoms with Gasteiger partial charge in [0.15, 0.2) is 11.5 Å². The van der Waals surface area contributed by atoms with Crippen molar-refractivity contribution in [2.75, 3.05) is 11.9 Å². The molecule has 2 rings (SSSR count). The van der Waals surface area contributed by atoms with E-state index in [0.717, 1.165) is 12.1 Å². The smallest absolute Gasteiger partial charge is 0.273 e. The number of ether oxygens (including phenoxy) is 1. The first-order valence-electron chi connectivity index (χ1n) is 8.74. The van der Waals surface area contributed by atoms with Crippen LogP contribution in [-0.2, 0) is 11.4 Å². The second kappa shape index (κ2) is 9.60. The van der Waals surface area contributed by atoms with Crippen LogP contribution in [0, 0.1) is 5.92 Å². The molecular formula is C19H25N3O4. The molecule has 1 aromatic carbocycles. The van der Waals surface area contributed by atoms with Crippen molar-refractivity contribution in [2.24, 2.45) is 5.92 Å². The van der Waals surface area contributed by atoms with Crippen LogP contribution in [0.15, 0.2) is 34.9 Å². The Morgan fingerprint density at radius 3 is 2.62 bits per heavy atom. The van der Waals surface area contributed by atoms with E-state index in [1.54, 1.807) is 30.3 Å². The second-order valence-corrected chi connectivity index (χ2v) is 6.39. The summed E-state index contributed by atoms with van der Waals surface area (Å²) >= 11 is 0. The first-order chi connectivity index (χ1) is 12.5. The largest absolute Gasteiger partial charge is 0.486 e. The SMILES string of the molecule is CCCNC(=O)c1cc(COc2ccc(NC(=O)CC(C)C)cc2)on1. The van der Waals surface area contributed by atoms with Crippen molar-refractivity contribution >= 4 is 17.5 Å². The average Bonchev–Trinajstić information content (AvgIpc) is 3.07. The zero-order valence-corrected chi connectivity index (χ0v) is 15.4. The maximum Gasteiger partial charge on any atom is 0.273 e. The molecule has 2 aromatic rings. The molecule has 0 fully saturated rings. The first kappa shape index (κ1) is 19.5. The average molecular weight is 359 g/mol. The molecule has 0 aliphatic rings. The van der Waals surface area contributed by atoms with E-state index in [2.05, 4.69) is 15.8 Å². The molecule has 0 radical (unpaired) electrons. The van der Waals surface area contributed by atoms with Crippen LogP contribution in [-0.4, -0.2) is 23.5 Å². The lowest BCUT2D eigenvalue weighted by Crippen LogP contribution is -2.24. The number of hydrogen-bond donors (Lipinski definition) is 2. The maximum absolute atomic E-state index is 11.8. The van der Waals surface area contributed by atoms with Gasteiger partial charge in [-0.1, -0.05) is 25.9 Å². The predicted molar refractivity (Wildman–Crippen MR) is 98.0 cm³/mol. The van der Waals surface area contributed by atoms with Crippen molar-refractivity contribution in [1.29, 1.82) is 0 Å². The van der Waals surface area contributed by atoms with Gasteiger partial charge in [-0.25, -0.2) is 0 Å². The van der Waals surface area contributed by atoms with E-state index >= 15 is 0 Å². The summed E-state index contributed by atoms with van der Waals surface area (Å²) in [6.07, 6.45) is 1.34. The van der Waals surface area contributed by atoms with Gasteiger partial charge in [0.2, 0.25) is 5.91 Å². The highest BCUT2D eigenvalue weighted by molar-refractivity contribution is 5.92. The second-order valence-electron chi connectivity index (χ2n) is 6.39. The van der Waals surface area contributed by atoms with Gasteiger partial charge in [-0.3, -0.25) is 9.59 Å². The topological polar surface area (TPSA) is 93.5 Å². The molecule has 0 aliphatic carbocycles. The number of anilines is 1. The van der Waals surface area contributed by atoms with Crippen molar-refractivity contribution in [3.05, 3.63) is 41.8 Å². The summed E-state index contributed by atoms with van der Waals surface area (Å²) in [5.74, 6) is 1.13. The fraction of sp³-hybridized carbons (Fsp3) is 0.421. The quantitative estimate of drug-likeness (QED) is 0.716. The highest BCUT2D eigenvalue weighted by Gasteiger charge is 2.12. The number of nitrogens with one attached hydrogen (secondary N) is 2. The molecule has 1 aromatic heterocycles. The Balaban J connectivity index is 1.83. The molecule has 0 bridgehead atoms. The van der Waals surface area contributed by atoms with Gasteiger partial charge in [-0.05, 0) is 36.6 Å². The molecule has 0 saturated carbocycles. The van der Waals surface area contributed by atoms with E-state index in [4.69, 9.17) is 9.26 Å². The number of carbonyl (C=O) groups is 2. The third-order valence-electron chi connectivity index (χ3n) is 3.44. The lowest BCUT2D eigenvalue weighted by atomic mass is 10.1. The van der Waals surface area contributed by atoms with Crippen LogP contribution in [0.4, 0.5) is 5.69 Å². The molecule has 0 atom stereocenters. The van der Waals surface area contributed by atoms with Crippen LogP contribution in [0.5, 0.6) is 5.75 Å². The molecular weight excluding hydrogens is 334 g/mol. The highest BCUT2D eigenvalue weighted by atomic mass is 16.5. The number of aromatic nitrogens is 1. The summed E-state index contributed by atoms with van der Waals surface area (Å²) in [4.78, 5) is 23.5. The zero-order valence-electron chi connectivity index (χ0n) is 15.4. The molecule has 2 N–H and O–H groups in total. The number of nitrogens with zero attached hydrogens (tertiary/aromatic N) is 1. The van der Waals surface area contributed by atoms with E-state index in [1.165, 1.54) is 0 Å². The molecule has 0 aliphatic heterocycles. The first-order valence-corrected chi connectivity index (χ1v) is 8.74. The van der Waals surface area contributed by atoms with Crippen molar-refractivity contribution < 1.29 is 18.8 Å². The van der Waals surface area contributed by atoms with Crippen molar-refractivity contribution in [2.45, 2.75) is 40.2 Å². The zero-order chi connectivity index (χ0) is 18.9. The third kappa shape index (κ3) is 6.23. The van der Waals surface area contributed by atoms with Crippen molar-refractivity contribution in [3.8, 4) is 5.75 Å². The fourth-order valence-corrected chi connectivity index (χ4v) is 2.19. The summed E-state index contributed by atoms with van der Waals surface area (Å²) in [7, 11) is 0. The highest BCUT2D eigenvalue weighted by Crippen LogP contribution is 2.18. The molecule has 0 saturated heterocycles. The van der Waals surface area contributed by atoms with Crippen LogP contribution in [0.25, 0.3) is 0 Å². The van der Waals surface area contributed by atoms with Gasteiger partial charge in [0.05, 0.1) is 0 Å². The minimum atomic E-state index is -0.261. The summed E-state index contributed by atoms with van der Waals surface area (Å²) in [5, 5.41) is 9.31. The Bertz CT molecular complexity index is 723. The lowest BCUT2D eigenvalue weighted by Gasteiger charge is -2.08. The minimum absolute atomic E-state index is 0.00999. The maximum atomic E-state index is 11.8. The van der Waals surface area contributed by atoms with E-state index in [9.17, 15) is 9.59 Å². The number of amides is 2. The van der Waals surface area contributed by atoms with Crippen LogP contribution in [0.2, 0.25) is 0 Å². The summed E-state index contributed by atoms with van der Waals surface area (Å²) in [5.41, 5.74) is 0.956. The third-order valence-corrected chi connectivity index (χ3v) is 3.44. The van der Waals surface area contributed by atoms with Crippen molar-refractivity contribution in [1.82, 2.24) is 10.5 Å². The Morgan fingerprint density at radius 1 is 1.23 bits per heavy atom. The molecule has 0 spiro atoms. The fourth-order valence-electron chi connectivity index (χ4n) is 2.19. The molecule has 2 amide bonds. The summed E-state index contributed by atoms with van der Waals surface area (Å²) in [6, 6.07) is 8.63. The number of rotatable bonds is 9. The molecule has 26 heavy (non-hydrogen) atoms. The Morgan fingerprint density at radius 2 is 1.96 bits per heavy atom. The van der Waals surface area contributed by atoms with E-state index < -0.39 is 0 Å². The molecule has 0 unspecified atom stereocenters. The monoisotopic (exact) mass is 359 g/mol. The van der Waals surface area contributed by atoms with Crippen molar-refractivity contribution in [3.63, 3.8) is 0 Å². The van der Waals surface area contributed by atoms with Gasteiger partial charge in [0.25, 0.3) is 5.91 Å². The van der Waals surface area contributed by atoms with Gasteiger partial charge < -0.3 is 19.9 Å². The van der Waals surface area contributed by atoms with Crippen LogP contribution >= 0.6 is 0 Å². The Labute approximate surface area is 153 Å². The van der Waals surface area contributed by atoms with Gasteiger partial charge in [-0.15, -0.1) is 0 Å². The predicted octanol–water partition coefficient (Wildman–Crippen LogP) is 3.38. The number of benzene rings is 1. The number of hydrogen-bond acceptors (Lipinski definition) is 5. The van der Waals surface area contributed by atoms with Gasteiger partial charge in [0, 0.05) is 24.7 Å². The van der Waals surface area contributed by atoms with Crippen LogP contribution < -0.4 is 15.4 Å². The number of carbonyl (C=O) groups excluding carboxylic acids is 2. The summed E-state index contributed by atoms with van der Waals surface area (Å²) in [6.45, 7) is 6.73. The van der Waals surface area contributed by atoms with Gasteiger partial charge in [0.1, 0.15) is 12.4 Å². The van der Waals surface area contributed by atoms with Crippen LogP contribution in [0.1, 0.15) is 49.9 Å². The standard InChI is InChI=1S/C19H25N3O4/c1-4-9-20-19(24)17-11-16(26-22-17)12-25-15-7-5-14(6-8-15)21-18(23)10-13(2)3/h5-8,11,13H,4,9-10,12H2,1-3H3,(H,20,24)(H,21,23). The van der Waals surface area contributed by atoms with E-state index in [-0.39, 0.29) is 24.1 Å². The van der Waals surface area contributed by atoms with Gasteiger partial charge >= 0.3 is 0 Å². The van der Waals surface area contributed by atoms with Crippen LogP contribution in [0.3, 0.4) is 0 Å². The molecule has 1 heterocycles. The van der Waals surface area contributed by atoms with Gasteiger partial charge in [-0.2, -0.15) is 0 Å². The minimum Gasteiger partial charge on any atom is -0.486 e. The van der Waals surface area contributed by atoms with E-state index in [1.807, 2.05) is 20.8 Å². The molecule has 140 valence electrons. The Kier molecular flexibility index (Phi) is 7.20. The lowest BCUT2D eigenvalue weighted by molar-refractivity contribution is -0.116. The molecule has 7 heteroatoms. The summed E-state index contributed by atoms with van der Waals surface area (Å²) < 4.78 is 10.7. The Hall–Kier alpha value is -2.83.